The predicted octanol–water partition coefficient (Wildman–Crippen LogP) is 4.07. The molecule has 0 fully saturated rings. The van der Waals surface area contributed by atoms with Crippen molar-refractivity contribution >= 4 is 17.4 Å². The van der Waals surface area contributed by atoms with Gasteiger partial charge in [0.1, 0.15) is 16.8 Å². The molecule has 18 heavy (non-hydrogen) atoms. The standard InChI is InChI=1S/C14H14ClFN2/c1-10(11-6-3-4-7-12(11)16)18(2)14-9-5-8-13(15)17-14/h3-10H,1-2H3. The SMILES string of the molecule is CC(c1ccccc1F)N(C)c1cccc(Cl)n1. The summed E-state index contributed by atoms with van der Waals surface area (Å²) < 4.78 is 13.7. The van der Waals surface area contributed by atoms with E-state index in [1.165, 1.54) is 6.07 Å². The first-order chi connectivity index (χ1) is 8.59. The van der Waals surface area contributed by atoms with Crippen molar-refractivity contribution < 1.29 is 4.39 Å². The average Bonchev–Trinajstić information content (AvgIpc) is 2.37. The van der Waals surface area contributed by atoms with E-state index >= 15 is 0 Å². The van der Waals surface area contributed by atoms with E-state index in [0.717, 1.165) is 5.82 Å². The second-order valence-corrected chi connectivity index (χ2v) is 4.51. The number of nitrogens with zero attached hydrogens (tertiary/aromatic N) is 2. The molecule has 1 atom stereocenters. The Morgan fingerprint density at radius 2 is 1.89 bits per heavy atom. The third kappa shape index (κ3) is 2.62. The lowest BCUT2D eigenvalue weighted by Crippen LogP contribution is -2.23. The Labute approximate surface area is 111 Å². The third-order valence-electron chi connectivity index (χ3n) is 3.00. The molecule has 1 heterocycles. The highest BCUT2D eigenvalue weighted by Gasteiger charge is 2.16. The molecule has 0 amide bonds. The summed E-state index contributed by atoms with van der Waals surface area (Å²) in [6.45, 7) is 1.93. The molecular weight excluding hydrogens is 251 g/mol. The number of halogens is 2. The normalized spacial score (nSPS) is 12.2. The van der Waals surface area contributed by atoms with E-state index in [2.05, 4.69) is 4.98 Å². The van der Waals surface area contributed by atoms with Crippen LogP contribution in [0.15, 0.2) is 42.5 Å². The summed E-state index contributed by atoms with van der Waals surface area (Å²) in [5, 5.41) is 0.431. The number of rotatable bonds is 3. The molecule has 1 aromatic carbocycles. The van der Waals surface area contributed by atoms with Gasteiger partial charge in [0.25, 0.3) is 0 Å². The minimum atomic E-state index is -0.209. The van der Waals surface area contributed by atoms with Gasteiger partial charge in [0.2, 0.25) is 0 Å². The molecule has 4 heteroatoms. The van der Waals surface area contributed by atoms with Crippen LogP contribution in [0.2, 0.25) is 5.15 Å². The zero-order chi connectivity index (χ0) is 13.1. The van der Waals surface area contributed by atoms with Gasteiger partial charge < -0.3 is 4.90 Å². The van der Waals surface area contributed by atoms with Crippen molar-refractivity contribution in [3.05, 3.63) is 59.0 Å². The average molecular weight is 265 g/mol. The fraction of sp³-hybridized carbons (Fsp3) is 0.214. The Kier molecular flexibility index (Phi) is 3.82. The van der Waals surface area contributed by atoms with Crippen molar-refractivity contribution in [1.82, 2.24) is 4.98 Å². The molecule has 0 aliphatic heterocycles. The van der Waals surface area contributed by atoms with Gasteiger partial charge >= 0.3 is 0 Å². The lowest BCUT2D eigenvalue weighted by atomic mass is 10.1. The second kappa shape index (κ2) is 5.36. The molecule has 1 aromatic heterocycles. The quantitative estimate of drug-likeness (QED) is 0.777. The fourth-order valence-corrected chi connectivity index (χ4v) is 1.97. The third-order valence-corrected chi connectivity index (χ3v) is 3.21. The minimum absolute atomic E-state index is 0.114. The van der Waals surface area contributed by atoms with Crippen LogP contribution in [0.4, 0.5) is 10.2 Å². The molecule has 94 valence electrons. The Hall–Kier alpha value is -1.61. The molecule has 0 aliphatic carbocycles. The lowest BCUT2D eigenvalue weighted by Gasteiger charge is -2.26. The van der Waals surface area contributed by atoms with Gasteiger partial charge in [-0.05, 0) is 25.1 Å². The zero-order valence-corrected chi connectivity index (χ0v) is 11.0. The highest BCUT2D eigenvalue weighted by Crippen LogP contribution is 2.26. The molecule has 2 aromatic rings. The number of hydrogen-bond donors (Lipinski definition) is 0. The van der Waals surface area contributed by atoms with E-state index in [1.807, 2.05) is 37.1 Å². The Morgan fingerprint density at radius 1 is 1.17 bits per heavy atom. The van der Waals surface area contributed by atoms with E-state index in [1.54, 1.807) is 18.2 Å². The van der Waals surface area contributed by atoms with E-state index in [-0.39, 0.29) is 11.9 Å². The lowest BCUT2D eigenvalue weighted by molar-refractivity contribution is 0.584. The molecule has 0 spiro atoms. The maximum Gasteiger partial charge on any atom is 0.131 e. The van der Waals surface area contributed by atoms with Crippen molar-refractivity contribution in [2.24, 2.45) is 0 Å². The predicted molar refractivity (Wildman–Crippen MR) is 72.5 cm³/mol. The number of anilines is 1. The van der Waals surface area contributed by atoms with Crippen molar-refractivity contribution in [3.8, 4) is 0 Å². The van der Waals surface area contributed by atoms with Gasteiger partial charge in [-0.15, -0.1) is 0 Å². The molecule has 1 unspecified atom stereocenters. The van der Waals surface area contributed by atoms with Crippen LogP contribution in [0.25, 0.3) is 0 Å². The molecule has 0 aliphatic rings. The number of pyridine rings is 1. The van der Waals surface area contributed by atoms with Crippen LogP contribution in [0.1, 0.15) is 18.5 Å². The summed E-state index contributed by atoms with van der Waals surface area (Å²) in [4.78, 5) is 6.11. The number of aromatic nitrogens is 1. The van der Waals surface area contributed by atoms with Crippen molar-refractivity contribution in [3.63, 3.8) is 0 Å². The van der Waals surface area contributed by atoms with Crippen LogP contribution in [0.5, 0.6) is 0 Å². The fourth-order valence-electron chi connectivity index (χ4n) is 1.81. The van der Waals surface area contributed by atoms with E-state index in [4.69, 9.17) is 11.6 Å². The molecule has 2 rings (SSSR count). The maximum absolute atomic E-state index is 13.7. The molecule has 2 nitrogen and oxygen atoms in total. The van der Waals surface area contributed by atoms with Crippen LogP contribution in [-0.2, 0) is 0 Å². The van der Waals surface area contributed by atoms with Crippen LogP contribution in [0.3, 0.4) is 0 Å². The maximum atomic E-state index is 13.7. The molecule has 0 N–H and O–H groups in total. The molecular formula is C14H14ClFN2. The van der Waals surface area contributed by atoms with E-state index in [9.17, 15) is 4.39 Å². The van der Waals surface area contributed by atoms with E-state index in [0.29, 0.717) is 10.7 Å². The summed E-state index contributed by atoms with van der Waals surface area (Å²) in [7, 11) is 1.87. The number of hydrogen-bond acceptors (Lipinski definition) is 2. The topological polar surface area (TPSA) is 16.1 Å². The molecule has 0 saturated carbocycles. The highest BCUT2D eigenvalue weighted by molar-refractivity contribution is 6.29. The summed E-state index contributed by atoms with van der Waals surface area (Å²) in [6.07, 6.45) is 0. The van der Waals surface area contributed by atoms with Crippen molar-refractivity contribution in [2.75, 3.05) is 11.9 Å². The zero-order valence-electron chi connectivity index (χ0n) is 10.3. The molecule has 0 radical (unpaired) electrons. The van der Waals surface area contributed by atoms with Gasteiger partial charge in [-0.2, -0.15) is 0 Å². The van der Waals surface area contributed by atoms with Crippen LogP contribution < -0.4 is 4.90 Å². The van der Waals surface area contributed by atoms with Crippen LogP contribution in [0, 0.1) is 5.82 Å². The van der Waals surface area contributed by atoms with Gasteiger partial charge in [0, 0.05) is 12.6 Å². The van der Waals surface area contributed by atoms with Gasteiger partial charge in [0.05, 0.1) is 6.04 Å². The second-order valence-electron chi connectivity index (χ2n) is 4.13. The summed E-state index contributed by atoms with van der Waals surface area (Å²) in [5.41, 5.74) is 0.641. The van der Waals surface area contributed by atoms with E-state index < -0.39 is 0 Å². The molecule has 0 bridgehead atoms. The Morgan fingerprint density at radius 3 is 2.56 bits per heavy atom. The summed E-state index contributed by atoms with van der Waals surface area (Å²) in [6, 6.07) is 12.0. The summed E-state index contributed by atoms with van der Waals surface area (Å²) >= 11 is 5.86. The van der Waals surface area contributed by atoms with Gasteiger partial charge in [-0.1, -0.05) is 35.9 Å². The first-order valence-corrected chi connectivity index (χ1v) is 6.07. The number of benzene rings is 1. The van der Waals surface area contributed by atoms with Crippen LogP contribution in [-0.4, -0.2) is 12.0 Å². The molecule has 0 saturated heterocycles. The van der Waals surface area contributed by atoms with Gasteiger partial charge in [-0.3, -0.25) is 0 Å². The first-order valence-electron chi connectivity index (χ1n) is 5.69. The summed E-state index contributed by atoms with van der Waals surface area (Å²) in [5.74, 6) is 0.511. The minimum Gasteiger partial charge on any atom is -0.353 e. The Balaban J connectivity index is 2.29. The smallest absolute Gasteiger partial charge is 0.131 e. The van der Waals surface area contributed by atoms with Crippen molar-refractivity contribution in [2.45, 2.75) is 13.0 Å². The Bertz CT molecular complexity index is 545. The van der Waals surface area contributed by atoms with Crippen molar-refractivity contribution in [1.29, 1.82) is 0 Å². The monoisotopic (exact) mass is 264 g/mol. The van der Waals surface area contributed by atoms with Crippen LogP contribution >= 0.6 is 11.6 Å². The van der Waals surface area contributed by atoms with Gasteiger partial charge in [0.15, 0.2) is 0 Å². The van der Waals surface area contributed by atoms with Gasteiger partial charge in [-0.25, -0.2) is 9.37 Å². The highest BCUT2D eigenvalue weighted by atomic mass is 35.5. The first kappa shape index (κ1) is 12.8. The largest absolute Gasteiger partial charge is 0.353 e.